The fourth-order valence-corrected chi connectivity index (χ4v) is 1.16. The molecule has 0 aliphatic heterocycles. The number of thioether (sulfide) groups is 1. The van der Waals surface area contributed by atoms with E-state index in [0.29, 0.717) is 23.3 Å². The fraction of sp³-hybridized carbons (Fsp3) is 0.571. The predicted molar refractivity (Wildman–Crippen MR) is 50.4 cm³/mol. The highest BCUT2D eigenvalue weighted by atomic mass is 32.2. The minimum atomic E-state index is 0.444. The van der Waals surface area contributed by atoms with Gasteiger partial charge in [-0.05, 0) is 5.16 Å². The number of hydrogen-bond acceptors (Lipinski definition) is 6. The zero-order valence-corrected chi connectivity index (χ0v) is 8.34. The lowest BCUT2D eigenvalue weighted by molar-refractivity contribution is 0.391. The van der Waals surface area contributed by atoms with Crippen LogP contribution in [-0.4, -0.2) is 30.0 Å². The van der Waals surface area contributed by atoms with E-state index in [2.05, 4.69) is 10.1 Å². The monoisotopic (exact) mass is 198 g/mol. The van der Waals surface area contributed by atoms with Gasteiger partial charge in [-0.1, -0.05) is 0 Å². The highest BCUT2D eigenvalue weighted by Gasteiger charge is 2.06. The second-order valence-electron chi connectivity index (χ2n) is 2.53. The van der Waals surface area contributed by atoms with E-state index in [-0.39, 0.29) is 0 Å². The lowest BCUT2D eigenvalue weighted by Crippen LogP contribution is -2.10. The Balaban J connectivity index is 2.45. The van der Waals surface area contributed by atoms with Gasteiger partial charge in [0.2, 0.25) is 5.89 Å². The first-order valence-electron chi connectivity index (χ1n) is 3.68. The van der Waals surface area contributed by atoms with E-state index in [0.717, 1.165) is 0 Å². The van der Waals surface area contributed by atoms with Crippen LogP contribution in [-0.2, 0) is 5.75 Å². The lowest BCUT2D eigenvalue weighted by atomic mass is 10.7. The Kier molecular flexibility index (Phi) is 3.58. The molecule has 0 aliphatic carbocycles. The normalized spacial score (nSPS) is 9.62. The lowest BCUT2D eigenvalue weighted by Gasteiger charge is -2.02. The highest BCUT2D eigenvalue weighted by molar-refractivity contribution is 7.98. The summed E-state index contributed by atoms with van der Waals surface area (Å²) >= 11 is 1.46. The maximum atomic E-state index is 8.29. The van der Waals surface area contributed by atoms with Crippen LogP contribution in [0.3, 0.4) is 0 Å². The topological polar surface area (TPSA) is 66.0 Å². The first kappa shape index (κ1) is 9.86. The van der Waals surface area contributed by atoms with Crippen LogP contribution < -0.4 is 4.90 Å². The molecule has 0 atom stereocenters. The maximum Gasteiger partial charge on any atom is 0.265 e. The van der Waals surface area contributed by atoms with Crippen molar-refractivity contribution in [3.63, 3.8) is 0 Å². The Hall–Kier alpha value is -1.22. The summed E-state index contributed by atoms with van der Waals surface area (Å²) < 4.78 is 4.94. The van der Waals surface area contributed by atoms with Crippen molar-refractivity contribution in [3.05, 3.63) is 5.89 Å². The smallest absolute Gasteiger partial charge is 0.265 e. The van der Waals surface area contributed by atoms with Crippen LogP contribution in [0.5, 0.6) is 0 Å². The van der Waals surface area contributed by atoms with E-state index >= 15 is 0 Å². The minimum Gasteiger partial charge on any atom is -0.344 e. The Morgan fingerprint density at radius 1 is 1.62 bits per heavy atom. The number of nitriles is 1. The van der Waals surface area contributed by atoms with Gasteiger partial charge in [0.25, 0.3) is 5.95 Å². The average molecular weight is 198 g/mol. The molecule has 5 nitrogen and oxygen atoms in total. The van der Waals surface area contributed by atoms with Crippen LogP contribution in [0.1, 0.15) is 5.89 Å². The second-order valence-corrected chi connectivity index (χ2v) is 3.52. The molecule has 0 amide bonds. The van der Waals surface area contributed by atoms with Gasteiger partial charge < -0.3 is 9.42 Å². The SMILES string of the molecule is CN(C)c1noc(CSCC#N)n1. The van der Waals surface area contributed by atoms with E-state index in [1.807, 2.05) is 20.2 Å². The molecule has 1 rings (SSSR count). The van der Waals surface area contributed by atoms with Gasteiger partial charge in [0, 0.05) is 14.1 Å². The van der Waals surface area contributed by atoms with Crippen LogP contribution in [0.25, 0.3) is 0 Å². The Morgan fingerprint density at radius 3 is 2.92 bits per heavy atom. The van der Waals surface area contributed by atoms with Crippen molar-refractivity contribution in [2.24, 2.45) is 0 Å². The van der Waals surface area contributed by atoms with Gasteiger partial charge in [-0.3, -0.25) is 0 Å². The summed E-state index contributed by atoms with van der Waals surface area (Å²) in [6.45, 7) is 0. The molecule has 0 bridgehead atoms. The van der Waals surface area contributed by atoms with Crippen LogP contribution in [0.15, 0.2) is 4.52 Å². The first-order valence-corrected chi connectivity index (χ1v) is 4.84. The van der Waals surface area contributed by atoms with Gasteiger partial charge in [-0.15, -0.1) is 11.8 Å². The van der Waals surface area contributed by atoms with Crippen LogP contribution in [0.2, 0.25) is 0 Å². The van der Waals surface area contributed by atoms with Crippen molar-refractivity contribution in [2.75, 3.05) is 24.7 Å². The van der Waals surface area contributed by atoms with Crippen LogP contribution in [0.4, 0.5) is 5.95 Å². The molecule has 0 radical (unpaired) electrons. The highest BCUT2D eigenvalue weighted by Crippen LogP contribution is 2.12. The average Bonchev–Trinajstić information content (AvgIpc) is 2.53. The van der Waals surface area contributed by atoms with E-state index in [9.17, 15) is 0 Å². The molecule has 0 saturated heterocycles. The molecule has 0 aliphatic rings. The zero-order chi connectivity index (χ0) is 9.68. The van der Waals surface area contributed by atoms with E-state index in [1.54, 1.807) is 4.90 Å². The summed E-state index contributed by atoms with van der Waals surface area (Å²) in [5, 5.41) is 12.0. The van der Waals surface area contributed by atoms with Gasteiger partial charge in [-0.25, -0.2) is 0 Å². The molecule has 1 aromatic heterocycles. The first-order chi connectivity index (χ1) is 6.24. The van der Waals surface area contributed by atoms with Crippen molar-refractivity contribution in [1.29, 1.82) is 5.26 Å². The maximum absolute atomic E-state index is 8.29. The number of aromatic nitrogens is 2. The third-order valence-electron chi connectivity index (χ3n) is 1.25. The van der Waals surface area contributed by atoms with E-state index < -0.39 is 0 Å². The second kappa shape index (κ2) is 4.72. The molecular weight excluding hydrogens is 188 g/mol. The van der Waals surface area contributed by atoms with Crippen molar-refractivity contribution in [3.8, 4) is 6.07 Å². The molecule has 1 aromatic rings. The number of anilines is 1. The molecular formula is C7H10N4OS. The molecule has 0 aromatic carbocycles. The molecule has 0 fully saturated rings. The zero-order valence-electron chi connectivity index (χ0n) is 7.52. The van der Waals surface area contributed by atoms with Crippen molar-refractivity contribution >= 4 is 17.7 Å². The summed E-state index contributed by atoms with van der Waals surface area (Å²) in [7, 11) is 3.69. The van der Waals surface area contributed by atoms with Gasteiger partial charge >= 0.3 is 0 Å². The molecule has 70 valence electrons. The number of hydrogen-bond donors (Lipinski definition) is 0. The summed E-state index contributed by atoms with van der Waals surface area (Å²) in [6.07, 6.45) is 0. The Morgan fingerprint density at radius 2 is 2.38 bits per heavy atom. The Labute approximate surface area is 80.7 Å². The molecule has 0 N–H and O–H groups in total. The van der Waals surface area contributed by atoms with Gasteiger partial charge in [-0.2, -0.15) is 10.2 Å². The third kappa shape index (κ3) is 2.95. The molecule has 0 unspecified atom stereocenters. The number of rotatable bonds is 4. The minimum absolute atomic E-state index is 0.444. The van der Waals surface area contributed by atoms with Crippen molar-refractivity contribution in [1.82, 2.24) is 10.1 Å². The standard InChI is InChI=1S/C7H10N4OS/c1-11(2)7-9-6(12-10-7)5-13-4-3-8/h4-5H2,1-2H3. The quantitative estimate of drug-likeness (QED) is 0.669. The molecule has 0 spiro atoms. The fourth-order valence-electron chi connectivity index (χ4n) is 0.670. The summed E-state index contributed by atoms with van der Waals surface area (Å²) in [6, 6.07) is 2.03. The summed E-state index contributed by atoms with van der Waals surface area (Å²) in [4.78, 5) is 5.87. The molecule has 13 heavy (non-hydrogen) atoms. The Bertz CT molecular complexity index is 304. The van der Waals surface area contributed by atoms with Crippen molar-refractivity contribution in [2.45, 2.75) is 5.75 Å². The summed E-state index contributed by atoms with van der Waals surface area (Å²) in [5.74, 6) is 2.16. The molecule has 1 heterocycles. The number of nitrogens with zero attached hydrogens (tertiary/aromatic N) is 4. The van der Waals surface area contributed by atoms with E-state index in [1.165, 1.54) is 11.8 Å². The van der Waals surface area contributed by atoms with Gasteiger partial charge in [0.1, 0.15) is 0 Å². The third-order valence-corrected chi connectivity index (χ3v) is 2.03. The van der Waals surface area contributed by atoms with Crippen LogP contribution >= 0.6 is 11.8 Å². The van der Waals surface area contributed by atoms with Crippen LogP contribution in [0, 0.1) is 11.3 Å². The molecule has 6 heteroatoms. The predicted octanol–water partition coefficient (Wildman–Crippen LogP) is 0.892. The molecule has 0 saturated carbocycles. The van der Waals surface area contributed by atoms with Gasteiger partial charge in [0.05, 0.1) is 17.6 Å². The van der Waals surface area contributed by atoms with Gasteiger partial charge in [0.15, 0.2) is 0 Å². The summed E-state index contributed by atoms with van der Waals surface area (Å²) in [5.41, 5.74) is 0. The van der Waals surface area contributed by atoms with E-state index in [4.69, 9.17) is 9.78 Å². The largest absolute Gasteiger partial charge is 0.344 e. The van der Waals surface area contributed by atoms with Crippen molar-refractivity contribution < 1.29 is 4.52 Å².